The highest BCUT2D eigenvalue weighted by atomic mass is 15.3. The average molecular weight is 813 g/mol. The SMILES string of the molecule is c1ccc(B2c3ccccc3N3c4c2cccc4N(c2ccccc2)c2ccc4cc5c(cc4c23)N(c2ccccc2)c2cccc3c2B5c2ccccc2N3c2ccccc2)cc1. The molecule has 4 aliphatic heterocycles. The Morgan fingerprint density at radius 3 is 1.36 bits per heavy atom. The van der Waals surface area contributed by atoms with Gasteiger partial charge in [-0.25, -0.2) is 0 Å². The van der Waals surface area contributed by atoms with Gasteiger partial charge in [0, 0.05) is 50.9 Å². The summed E-state index contributed by atoms with van der Waals surface area (Å²) in [4.78, 5) is 10.1. The summed E-state index contributed by atoms with van der Waals surface area (Å²) in [6.45, 7) is 0.0971. The lowest BCUT2D eigenvalue weighted by atomic mass is 9.33. The highest BCUT2D eigenvalue weighted by Gasteiger charge is 2.45. The standard InChI is InChI=1S/C58H38B2N4/c1-5-19-40(20-6-1)59-45-27-13-16-31-50(45)64-57-44-38-55-48(37-39(44)35-36-54(57)63(43-25-11-4-12-26-43)53-34-17-29-47(59)58(53)64)60-46-28-14-15-30-49(46)61(41-21-7-2-8-22-41)51-32-18-33-52(56(51)60)62(55)42-23-9-3-10-24-42/h1-38H. The van der Waals surface area contributed by atoms with E-state index >= 15 is 0 Å². The van der Waals surface area contributed by atoms with Gasteiger partial charge in [-0.05, 0) is 112 Å². The zero-order chi connectivity index (χ0) is 41.9. The van der Waals surface area contributed by atoms with Crippen LogP contribution in [0, 0.1) is 0 Å². The minimum absolute atomic E-state index is 0.0215. The number of rotatable bonds is 4. The minimum atomic E-state index is 0.0215. The monoisotopic (exact) mass is 812 g/mol. The second kappa shape index (κ2) is 13.6. The van der Waals surface area contributed by atoms with Crippen LogP contribution >= 0.6 is 0 Å². The molecular formula is C58H38B2N4. The topological polar surface area (TPSA) is 13.0 Å². The van der Waals surface area contributed by atoms with Gasteiger partial charge in [0.05, 0.1) is 22.7 Å². The zero-order valence-corrected chi connectivity index (χ0v) is 34.9. The molecule has 64 heavy (non-hydrogen) atoms. The Labute approximate surface area is 373 Å². The van der Waals surface area contributed by atoms with Crippen molar-refractivity contribution in [2.75, 3.05) is 19.6 Å². The third-order valence-electron chi connectivity index (χ3n) is 13.9. The van der Waals surface area contributed by atoms with Gasteiger partial charge in [0.15, 0.2) is 0 Å². The van der Waals surface area contributed by atoms with Crippen LogP contribution in [0.3, 0.4) is 0 Å². The van der Waals surface area contributed by atoms with E-state index in [1.165, 1.54) is 89.0 Å². The van der Waals surface area contributed by atoms with Gasteiger partial charge >= 0.3 is 0 Å². The lowest BCUT2D eigenvalue weighted by Crippen LogP contribution is -2.61. The molecule has 0 amide bonds. The Bertz CT molecular complexity index is 3480. The largest absolute Gasteiger partial charge is 0.311 e. The number of benzene rings is 10. The van der Waals surface area contributed by atoms with Gasteiger partial charge in [0.25, 0.3) is 6.71 Å². The number of nitrogens with zero attached hydrogens (tertiary/aromatic N) is 4. The van der Waals surface area contributed by atoms with Crippen molar-refractivity contribution in [3.8, 4) is 0 Å². The second-order valence-electron chi connectivity index (χ2n) is 17.2. The van der Waals surface area contributed by atoms with Gasteiger partial charge in [-0.3, -0.25) is 0 Å². The Kier molecular flexibility index (Phi) is 7.55. The maximum atomic E-state index is 2.60. The van der Waals surface area contributed by atoms with E-state index in [2.05, 4.69) is 250 Å². The lowest BCUT2D eigenvalue weighted by Gasteiger charge is -2.46. The molecule has 0 aliphatic carbocycles. The molecule has 0 atom stereocenters. The van der Waals surface area contributed by atoms with E-state index in [9.17, 15) is 0 Å². The summed E-state index contributed by atoms with van der Waals surface area (Å²) in [5.74, 6) is 0. The molecule has 0 fully saturated rings. The van der Waals surface area contributed by atoms with E-state index in [0.717, 1.165) is 22.7 Å². The van der Waals surface area contributed by atoms with Crippen molar-refractivity contribution in [3.05, 3.63) is 231 Å². The summed E-state index contributed by atoms with van der Waals surface area (Å²) in [5, 5.41) is 2.42. The van der Waals surface area contributed by atoms with E-state index in [1.54, 1.807) is 0 Å². The normalized spacial score (nSPS) is 13.8. The molecule has 0 radical (unpaired) electrons. The molecule has 0 aromatic heterocycles. The van der Waals surface area contributed by atoms with Crippen LogP contribution in [0.1, 0.15) is 0 Å². The minimum Gasteiger partial charge on any atom is -0.311 e. The summed E-state index contributed by atoms with van der Waals surface area (Å²) < 4.78 is 0. The molecular weight excluding hydrogens is 774 g/mol. The molecule has 0 saturated heterocycles. The molecule has 14 rings (SSSR count). The Balaban J connectivity index is 1.08. The van der Waals surface area contributed by atoms with Crippen molar-refractivity contribution >= 4 is 125 Å². The molecule has 0 N–H and O–H groups in total. The van der Waals surface area contributed by atoms with E-state index in [-0.39, 0.29) is 13.4 Å². The Morgan fingerprint density at radius 1 is 0.266 bits per heavy atom. The van der Waals surface area contributed by atoms with Gasteiger partial charge in [-0.1, -0.05) is 157 Å². The molecule has 6 heteroatoms. The predicted octanol–water partition coefficient (Wildman–Crippen LogP) is 11.0. The summed E-state index contributed by atoms with van der Waals surface area (Å²) in [7, 11) is 0. The first-order valence-electron chi connectivity index (χ1n) is 22.3. The second-order valence-corrected chi connectivity index (χ2v) is 17.2. The van der Waals surface area contributed by atoms with Crippen molar-refractivity contribution in [3.63, 3.8) is 0 Å². The molecule has 4 nitrogen and oxygen atoms in total. The van der Waals surface area contributed by atoms with Crippen molar-refractivity contribution in [1.29, 1.82) is 0 Å². The molecule has 296 valence electrons. The van der Waals surface area contributed by atoms with Crippen molar-refractivity contribution in [2.24, 2.45) is 0 Å². The predicted molar refractivity (Wildman–Crippen MR) is 272 cm³/mol. The van der Waals surface area contributed by atoms with Crippen LogP contribution in [0.25, 0.3) is 10.8 Å². The van der Waals surface area contributed by atoms with Gasteiger partial charge in [0.1, 0.15) is 0 Å². The molecule has 4 aliphatic rings. The van der Waals surface area contributed by atoms with Crippen LogP contribution in [0.5, 0.6) is 0 Å². The van der Waals surface area contributed by atoms with E-state index in [4.69, 9.17) is 0 Å². The molecule has 0 bridgehead atoms. The van der Waals surface area contributed by atoms with Crippen LogP contribution in [-0.4, -0.2) is 13.4 Å². The first-order chi connectivity index (χ1) is 31.8. The molecule has 10 aromatic carbocycles. The number of para-hydroxylation sites is 6. The average Bonchev–Trinajstić information content (AvgIpc) is 3.36. The Hall–Kier alpha value is -8.21. The number of anilines is 12. The Morgan fingerprint density at radius 2 is 0.719 bits per heavy atom. The fourth-order valence-electron chi connectivity index (χ4n) is 11.5. The summed E-state index contributed by atoms with van der Waals surface area (Å²) in [6, 6.07) is 85.3. The van der Waals surface area contributed by atoms with Gasteiger partial charge in [-0.15, -0.1) is 0 Å². The zero-order valence-electron chi connectivity index (χ0n) is 34.9. The van der Waals surface area contributed by atoms with E-state index < -0.39 is 0 Å². The number of hydrogen-bond acceptors (Lipinski definition) is 4. The van der Waals surface area contributed by atoms with Crippen LogP contribution in [0.2, 0.25) is 0 Å². The maximum absolute atomic E-state index is 2.60. The van der Waals surface area contributed by atoms with Gasteiger partial charge < -0.3 is 19.6 Å². The highest BCUT2D eigenvalue weighted by molar-refractivity contribution is 7.00. The maximum Gasteiger partial charge on any atom is 0.252 e. The summed E-state index contributed by atoms with van der Waals surface area (Å²) in [6.07, 6.45) is 0. The molecule has 4 heterocycles. The fourth-order valence-corrected chi connectivity index (χ4v) is 11.5. The van der Waals surface area contributed by atoms with Crippen molar-refractivity contribution in [1.82, 2.24) is 0 Å². The highest BCUT2D eigenvalue weighted by Crippen LogP contribution is 2.57. The summed E-state index contributed by atoms with van der Waals surface area (Å²) >= 11 is 0. The van der Waals surface area contributed by atoms with Crippen LogP contribution in [0.4, 0.5) is 68.2 Å². The molecule has 10 aromatic rings. The first kappa shape index (κ1) is 35.4. The molecule has 0 saturated carbocycles. The number of hydrogen-bond donors (Lipinski definition) is 0. The molecule has 0 unspecified atom stereocenters. The quantitative estimate of drug-likeness (QED) is 0.164. The lowest BCUT2D eigenvalue weighted by molar-refractivity contribution is 1.18. The fraction of sp³-hybridized carbons (Fsp3) is 0. The number of fused-ring (bicyclic) bond motifs is 10. The van der Waals surface area contributed by atoms with Crippen LogP contribution in [0.15, 0.2) is 231 Å². The smallest absolute Gasteiger partial charge is 0.252 e. The van der Waals surface area contributed by atoms with Crippen LogP contribution < -0.4 is 52.4 Å². The molecule has 0 spiro atoms. The van der Waals surface area contributed by atoms with Crippen molar-refractivity contribution < 1.29 is 0 Å². The van der Waals surface area contributed by atoms with Crippen LogP contribution in [-0.2, 0) is 0 Å². The van der Waals surface area contributed by atoms with Gasteiger partial charge in [0.2, 0.25) is 6.71 Å². The van der Waals surface area contributed by atoms with E-state index in [1.807, 2.05) is 0 Å². The van der Waals surface area contributed by atoms with E-state index in [0.29, 0.717) is 0 Å². The first-order valence-corrected chi connectivity index (χ1v) is 22.3. The van der Waals surface area contributed by atoms with Gasteiger partial charge in [-0.2, -0.15) is 0 Å². The third kappa shape index (κ3) is 4.91. The summed E-state index contributed by atoms with van der Waals surface area (Å²) in [5.41, 5.74) is 22.1. The van der Waals surface area contributed by atoms with Crippen molar-refractivity contribution in [2.45, 2.75) is 0 Å². The third-order valence-corrected chi connectivity index (χ3v) is 13.9.